The molecule has 4 fully saturated rings. The smallest absolute Gasteiger partial charge is 0.303 e. The average Bonchev–Trinajstić information content (AvgIpc) is 3.09. The molecule has 4 nitrogen and oxygen atoms in total. The molecule has 34 heavy (non-hydrogen) atoms. The molecule has 8 atom stereocenters. The lowest BCUT2D eigenvalue weighted by molar-refractivity contribution is -0.159. The van der Waals surface area contributed by atoms with Crippen LogP contribution in [0.1, 0.15) is 129 Å². The summed E-state index contributed by atoms with van der Waals surface area (Å²) in [4.78, 5) is 22.9. The first-order chi connectivity index (χ1) is 16.3. The van der Waals surface area contributed by atoms with Gasteiger partial charge in [0.05, 0.1) is 6.10 Å². The van der Waals surface area contributed by atoms with Gasteiger partial charge in [0.25, 0.3) is 0 Å². The number of fused-ring (bicyclic) bond motifs is 5. The Labute approximate surface area is 207 Å². The van der Waals surface area contributed by atoms with Gasteiger partial charge in [0.15, 0.2) is 0 Å². The lowest BCUT2D eigenvalue weighted by Crippen LogP contribution is -2.57. The van der Waals surface area contributed by atoms with Crippen LogP contribution in [0.25, 0.3) is 0 Å². The monoisotopic (exact) mass is 474 g/mol. The van der Waals surface area contributed by atoms with Crippen molar-refractivity contribution in [2.75, 3.05) is 0 Å². The normalized spacial score (nSPS) is 41.6. The third-order valence-corrected chi connectivity index (χ3v) is 11.2. The molecule has 4 heteroatoms. The third-order valence-electron chi connectivity index (χ3n) is 11.2. The first-order valence-corrected chi connectivity index (χ1v) is 14.7. The van der Waals surface area contributed by atoms with Crippen molar-refractivity contribution in [2.45, 2.75) is 136 Å². The van der Waals surface area contributed by atoms with Crippen LogP contribution in [0.3, 0.4) is 0 Å². The highest BCUT2D eigenvalue weighted by atomic mass is 16.4. The van der Waals surface area contributed by atoms with E-state index >= 15 is 0 Å². The number of rotatable bonds is 11. The molecule has 4 aliphatic carbocycles. The Morgan fingerprint density at radius 3 is 2.29 bits per heavy atom. The van der Waals surface area contributed by atoms with Crippen LogP contribution in [-0.2, 0) is 9.59 Å². The van der Waals surface area contributed by atoms with Crippen molar-refractivity contribution >= 4 is 11.8 Å². The highest BCUT2D eigenvalue weighted by Crippen LogP contribution is 2.68. The molecule has 0 aliphatic heterocycles. The molecule has 194 valence electrons. The van der Waals surface area contributed by atoms with Gasteiger partial charge in [0.1, 0.15) is 5.78 Å². The van der Waals surface area contributed by atoms with Gasteiger partial charge in [-0.25, -0.2) is 0 Å². The van der Waals surface area contributed by atoms with E-state index in [0.29, 0.717) is 35.4 Å². The van der Waals surface area contributed by atoms with Crippen molar-refractivity contribution in [2.24, 2.45) is 40.4 Å². The van der Waals surface area contributed by atoms with Crippen LogP contribution in [0.5, 0.6) is 0 Å². The summed E-state index contributed by atoms with van der Waals surface area (Å²) in [5, 5.41) is 19.7. The largest absolute Gasteiger partial charge is 0.481 e. The Kier molecular flexibility index (Phi) is 8.48. The van der Waals surface area contributed by atoms with Crippen molar-refractivity contribution in [3.05, 3.63) is 0 Å². The Hall–Kier alpha value is -0.900. The van der Waals surface area contributed by atoms with E-state index in [9.17, 15) is 14.7 Å². The van der Waals surface area contributed by atoms with Crippen LogP contribution in [0.4, 0.5) is 0 Å². The molecule has 0 radical (unpaired) electrons. The zero-order valence-electron chi connectivity index (χ0n) is 21.9. The second-order valence-corrected chi connectivity index (χ2v) is 13.1. The van der Waals surface area contributed by atoms with Crippen molar-refractivity contribution in [1.29, 1.82) is 0 Å². The van der Waals surface area contributed by atoms with E-state index in [4.69, 9.17) is 5.11 Å². The molecule has 0 aromatic carbocycles. The standard InChI is InChI=1S/C30H50O4/c1-29-18-17-23(31)19-22(29)13-14-24-25-15-16-26(32)30(25,2)20-21(28(24)29)11-9-7-5-3-4-6-8-10-12-27(33)34/h21-22,24-26,28,32H,3-20H2,1-2H3,(H,33,34)/t21-,22-,24-,25-,26-,28-,29-,30-/m0/s1. The first kappa shape index (κ1) is 26.2. The fourth-order valence-corrected chi connectivity index (χ4v) is 9.45. The maximum absolute atomic E-state index is 12.3. The van der Waals surface area contributed by atoms with Gasteiger partial charge >= 0.3 is 5.97 Å². The number of carboxylic acid groups (broad SMARTS) is 1. The molecule has 0 aromatic rings. The van der Waals surface area contributed by atoms with Gasteiger partial charge in [0.2, 0.25) is 0 Å². The Bertz CT molecular complexity index is 719. The minimum absolute atomic E-state index is 0.107. The van der Waals surface area contributed by atoms with Gasteiger partial charge in [0, 0.05) is 19.3 Å². The van der Waals surface area contributed by atoms with Gasteiger partial charge in [-0.3, -0.25) is 9.59 Å². The second-order valence-electron chi connectivity index (χ2n) is 13.1. The van der Waals surface area contributed by atoms with Gasteiger partial charge < -0.3 is 10.2 Å². The van der Waals surface area contributed by atoms with Gasteiger partial charge in [-0.15, -0.1) is 0 Å². The van der Waals surface area contributed by atoms with E-state index in [0.717, 1.165) is 56.8 Å². The highest BCUT2D eigenvalue weighted by molar-refractivity contribution is 5.79. The molecule has 0 amide bonds. The molecule has 4 aliphatic rings. The van der Waals surface area contributed by atoms with E-state index in [1.54, 1.807) is 0 Å². The molecule has 4 saturated carbocycles. The van der Waals surface area contributed by atoms with E-state index < -0.39 is 5.97 Å². The van der Waals surface area contributed by atoms with Gasteiger partial charge in [-0.05, 0) is 85.4 Å². The summed E-state index contributed by atoms with van der Waals surface area (Å²) in [6.45, 7) is 4.95. The zero-order chi connectivity index (χ0) is 24.3. The minimum atomic E-state index is -0.673. The molecule has 0 bridgehead atoms. The Morgan fingerprint density at radius 2 is 1.59 bits per heavy atom. The predicted octanol–water partition coefficient (Wildman–Crippen LogP) is 7.17. The molecular formula is C30H50O4. The topological polar surface area (TPSA) is 74.6 Å². The van der Waals surface area contributed by atoms with Crippen LogP contribution < -0.4 is 0 Å². The predicted molar refractivity (Wildman–Crippen MR) is 135 cm³/mol. The average molecular weight is 475 g/mol. The van der Waals surface area contributed by atoms with Crippen LogP contribution in [0.2, 0.25) is 0 Å². The number of unbranched alkanes of at least 4 members (excludes halogenated alkanes) is 7. The summed E-state index contributed by atoms with van der Waals surface area (Å²) >= 11 is 0. The summed E-state index contributed by atoms with van der Waals surface area (Å²) in [5.41, 5.74) is 0.432. The molecule has 4 rings (SSSR count). The Morgan fingerprint density at radius 1 is 0.912 bits per heavy atom. The molecule has 0 unspecified atom stereocenters. The lowest BCUT2D eigenvalue weighted by atomic mass is 9.42. The number of aliphatic hydroxyl groups is 1. The molecule has 0 saturated heterocycles. The third kappa shape index (κ3) is 5.27. The number of carbonyl (C=O) groups excluding carboxylic acids is 1. The summed E-state index contributed by atoms with van der Waals surface area (Å²) < 4.78 is 0. The van der Waals surface area contributed by atoms with Crippen LogP contribution >= 0.6 is 0 Å². The molecule has 0 spiro atoms. The summed E-state index contributed by atoms with van der Waals surface area (Å²) in [6, 6.07) is 0. The van der Waals surface area contributed by atoms with Crippen molar-refractivity contribution in [3.8, 4) is 0 Å². The minimum Gasteiger partial charge on any atom is -0.481 e. The highest BCUT2D eigenvalue weighted by Gasteiger charge is 2.62. The SMILES string of the molecule is C[C@]12CCC(=O)C[C@@H]1CC[C@@H]1[C@@H]2[C@@H](CCCCCCCCCCC(=O)O)C[C@]2(C)[C@@H](O)CC[C@@H]12. The fraction of sp³-hybridized carbons (Fsp3) is 0.933. The maximum Gasteiger partial charge on any atom is 0.303 e. The summed E-state index contributed by atoms with van der Waals surface area (Å²) in [7, 11) is 0. The fourth-order valence-electron chi connectivity index (χ4n) is 9.45. The van der Waals surface area contributed by atoms with Crippen LogP contribution in [0.15, 0.2) is 0 Å². The second kappa shape index (κ2) is 11.0. The number of aliphatic carboxylic acids is 1. The van der Waals surface area contributed by atoms with Crippen LogP contribution in [-0.4, -0.2) is 28.1 Å². The lowest BCUT2D eigenvalue weighted by Gasteiger charge is -2.62. The van der Waals surface area contributed by atoms with Crippen molar-refractivity contribution in [1.82, 2.24) is 0 Å². The number of aliphatic hydroxyl groups excluding tert-OH is 1. The maximum atomic E-state index is 12.3. The molecular weight excluding hydrogens is 424 g/mol. The summed E-state index contributed by atoms with van der Waals surface area (Å²) in [5.74, 6) is 3.30. The van der Waals surface area contributed by atoms with Gasteiger partial charge in [-0.1, -0.05) is 65.2 Å². The van der Waals surface area contributed by atoms with E-state index in [2.05, 4.69) is 13.8 Å². The molecule has 2 N–H and O–H groups in total. The van der Waals surface area contributed by atoms with E-state index in [1.165, 1.54) is 64.2 Å². The van der Waals surface area contributed by atoms with Gasteiger partial charge in [-0.2, -0.15) is 0 Å². The quantitative estimate of drug-likeness (QED) is 0.311. The Balaban J connectivity index is 1.32. The van der Waals surface area contributed by atoms with Crippen LogP contribution in [0, 0.1) is 40.4 Å². The number of ketones is 1. The summed E-state index contributed by atoms with van der Waals surface area (Å²) in [6.07, 6.45) is 19.5. The van der Waals surface area contributed by atoms with E-state index in [1.807, 2.05) is 0 Å². The number of carbonyl (C=O) groups is 2. The molecule has 0 aromatic heterocycles. The first-order valence-electron chi connectivity index (χ1n) is 14.7. The number of hydrogen-bond acceptors (Lipinski definition) is 3. The van der Waals surface area contributed by atoms with Crippen molar-refractivity contribution < 1.29 is 19.8 Å². The number of Topliss-reactive ketones (excluding diaryl/α,β-unsaturated/α-hetero) is 1. The van der Waals surface area contributed by atoms with Crippen molar-refractivity contribution in [3.63, 3.8) is 0 Å². The molecule has 0 heterocycles. The zero-order valence-corrected chi connectivity index (χ0v) is 21.9. The number of hydrogen-bond donors (Lipinski definition) is 2. The van der Waals surface area contributed by atoms with E-state index in [-0.39, 0.29) is 11.5 Å². The number of carboxylic acids is 1.